The highest BCUT2D eigenvalue weighted by Crippen LogP contribution is 2.10. The molecule has 0 heterocycles. The maximum Gasteiger partial charge on any atom is 0.224 e. The number of nitrogens with one attached hydrogen (secondary N) is 1. The van der Waals surface area contributed by atoms with Crippen LogP contribution in [0.3, 0.4) is 0 Å². The van der Waals surface area contributed by atoms with Gasteiger partial charge >= 0.3 is 0 Å². The van der Waals surface area contributed by atoms with E-state index in [-0.39, 0.29) is 23.7 Å². The second kappa shape index (κ2) is 6.50. The molecule has 1 aromatic carbocycles. The zero-order chi connectivity index (χ0) is 13.6. The van der Waals surface area contributed by atoms with E-state index in [2.05, 4.69) is 5.32 Å². The molecule has 0 atom stereocenters. The quantitative estimate of drug-likeness (QED) is 0.813. The molecule has 0 aliphatic rings. The van der Waals surface area contributed by atoms with Crippen molar-refractivity contribution in [3.63, 3.8) is 0 Å². The molecular formula is C14H21FN2O. The van der Waals surface area contributed by atoms with Crippen molar-refractivity contribution in [2.24, 2.45) is 5.73 Å². The number of benzene rings is 1. The summed E-state index contributed by atoms with van der Waals surface area (Å²) in [4.78, 5) is 11.7. The topological polar surface area (TPSA) is 55.1 Å². The van der Waals surface area contributed by atoms with Crippen molar-refractivity contribution >= 4 is 5.91 Å². The van der Waals surface area contributed by atoms with Gasteiger partial charge in [0.2, 0.25) is 5.91 Å². The fourth-order valence-electron chi connectivity index (χ4n) is 1.65. The van der Waals surface area contributed by atoms with E-state index in [9.17, 15) is 9.18 Å². The molecule has 1 aromatic rings. The van der Waals surface area contributed by atoms with Gasteiger partial charge in [-0.3, -0.25) is 4.79 Å². The van der Waals surface area contributed by atoms with Gasteiger partial charge in [-0.2, -0.15) is 0 Å². The number of halogens is 1. The Balaban J connectivity index is 2.50. The lowest BCUT2D eigenvalue weighted by atomic mass is 9.94. The van der Waals surface area contributed by atoms with Crippen LogP contribution in [-0.2, 0) is 11.2 Å². The lowest BCUT2D eigenvalue weighted by Gasteiger charge is -2.26. The molecule has 3 nitrogen and oxygen atoms in total. The molecule has 0 spiro atoms. The Labute approximate surface area is 108 Å². The monoisotopic (exact) mass is 252 g/mol. The lowest BCUT2D eigenvalue weighted by Crippen LogP contribution is -2.49. The third-order valence-corrected chi connectivity index (χ3v) is 3.35. The first-order chi connectivity index (χ1) is 8.50. The van der Waals surface area contributed by atoms with E-state index < -0.39 is 0 Å². The Kier molecular flexibility index (Phi) is 5.28. The Morgan fingerprint density at radius 1 is 1.33 bits per heavy atom. The summed E-state index contributed by atoms with van der Waals surface area (Å²) >= 11 is 0. The number of rotatable bonds is 6. The first-order valence-corrected chi connectivity index (χ1v) is 6.29. The van der Waals surface area contributed by atoms with Crippen LogP contribution in [-0.4, -0.2) is 18.0 Å². The number of carbonyl (C=O) groups excluding carboxylic acids is 1. The van der Waals surface area contributed by atoms with E-state index in [1.165, 1.54) is 6.07 Å². The van der Waals surface area contributed by atoms with Crippen LogP contribution in [0.4, 0.5) is 4.39 Å². The highest BCUT2D eigenvalue weighted by Gasteiger charge is 2.21. The minimum Gasteiger partial charge on any atom is -0.354 e. The van der Waals surface area contributed by atoms with Crippen LogP contribution in [0.15, 0.2) is 24.3 Å². The third kappa shape index (κ3) is 4.11. The molecule has 0 saturated heterocycles. The third-order valence-electron chi connectivity index (χ3n) is 3.35. The Morgan fingerprint density at radius 2 is 1.94 bits per heavy atom. The molecule has 100 valence electrons. The van der Waals surface area contributed by atoms with Gasteiger partial charge in [-0.15, -0.1) is 0 Å². The van der Waals surface area contributed by atoms with Crippen LogP contribution in [0.2, 0.25) is 0 Å². The Hall–Kier alpha value is -1.42. The summed E-state index contributed by atoms with van der Waals surface area (Å²) < 4.78 is 13.4. The smallest absolute Gasteiger partial charge is 0.224 e. The standard InChI is InChI=1S/C14H21FN2O/c1-3-14(16,4-2)10-17-13(18)9-11-7-5-6-8-12(11)15/h5-8H,3-4,9-10,16H2,1-2H3,(H,17,18). The van der Waals surface area contributed by atoms with E-state index in [4.69, 9.17) is 5.73 Å². The van der Waals surface area contributed by atoms with Crippen molar-refractivity contribution in [3.8, 4) is 0 Å². The van der Waals surface area contributed by atoms with Gasteiger partial charge in [-0.25, -0.2) is 4.39 Å². The maximum atomic E-state index is 13.4. The summed E-state index contributed by atoms with van der Waals surface area (Å²) in [6.07, 6.45) is 1.64. The molecule has 0 bridgehead atoms. The van der Waals surface area contributed by atoms with Crippen molar-refractivity contribution in [2.45, 2.75) is 38.6 Å². The van der Waals surface area contributed by atoms with Crippen molar-refractivity contribution < 1.29 is 9.18 Å². The average molecular weight is 252 g/mol. The maximum absolute atomic E-state index is 13.4. The fourth-order valence-corrected chi connectivity index (χ4v) is 1.65. The van der Waals surface area contributed by atoms with Gasteiger partial charge in [0.05, 0.1) is 6.42 Å². The Morgan fingerprint density at radius 3 is 2.50 bits per heavy atom. The summed E-state index contributed by atoms with van der Waals surface area (Å²) in [5, 5.41) is 2.77. The van der Waals surface area contributed by atoms with Crippen LogP contribution in [0.5, 0.6) is 0 Å². The molecule has 0 aromatic heterocycles. The molecule has 4 heteroatoms. The zero-order valence-electron chi connectivity index (χ0n) is 11.0. The van der Waals surface area contributed by atoms with Crippen LogP contribution >= 0.6 is 0 Å². The summed E-state index contributed by atoms with van der Waals surface area (Å²) in [7, 11) is 0. The van der Waals surface area contributed by atoms with E-state index in [0.717, 1.165) is 12.8 Å². The van der Waals surface area contributed by atoms with Crippen molar-refractivity contribution in [1.82, 2.24) is 5.32 Å². The summed E-state index contributed by atoms with van der Waals surface area (Å²) in [6.45, 7) is 4.41. The first-order valence-electron chi connectivity index (χ1n) is 6.29. The average Bonchev–Trinajstić information content (AvgIpc) is 2.39. The van der Waals surface area contributed by atoms with Crippen LogP contribution in [0.1, 0.15) is 32.3 Å². The molecule has 1 rings (SSSR count). The molecule has 0 saturated carbocycles. The van der Waals surface area contributed by atoms with Crippen LogP contribution < -0.4 is 11.1 Å². The van der Waals surface area contributed by atoms with E-state index in [0.29, 0.717) is 12.1 Å². The van der Waals surface area contributed by atoms with Crippen LogP contribution in [0.25, 0.3) is 0 Å². The second-order valence-electron chi connectivity index (χ2n) is 4.61. The molecule has 0 radical (unpaired) electrons. The number of amides is 1. The van der Waals surface area contributed by atoms with Crippen molar-refractivity contribution in [1.29, 1.82) is 0 Å². The van der Waals surface area contributed by atoms with Gasteiger partial charge < -0.3 is 11.1 Å². The molecule has 1 amide bonds. The number of carbonyl (C=O) groups is 1. The van der Waals surface area contributed by atoms with Gasteiger partial charge in [0.25, 0.3) is 0 Å². The Bertz CT molecular complexity index is 403. The molecular weight excluding hydrogens is 231 g/mol. The highest BCUT2D eigenvalue weighted by atomic mass is 19.1. The summed E-state index contributed by atoms with van der Waals surface area (Å²) in [5.41, 5.74) is 6.12. The number of nitrogens with two attached hydrogens (primary N) is 1. The van der Waals surface area contributed by atoms with E-state index in [1.807, 2.05) is 13.8 Å². The molecule has 0 aliphatic carbocycles. The largest absolute Gasteiger partial charge is 0.354 e. The SMILES string of the molecule is CCC(N)(CC)CNC(=O)Cc1ccccc1F. The van der Waals surface area contributed by atoms with Gasteiger partial charge in [0, 0.05) is 12.1 Å². The van der Waals surface area contributed by atoms with Gasteiger partial charge in [0.15, 0.2) is 0 Å². The van der Waals surface area contributed by atoms with Gasteiger partial charge in [-0.1, -0.05) is 32.0 Å². The normalized spacial score (nSPS) is 11.3. The molecule has 0 fully saturated rings. The molecule has 3 N–H and O–H groups in total. The van der Waals surface area contributed by atoms with Crippen LogP contribution in [0, 0.1) is 5.82 Å². The number of hydrogen-bond donors (Lipinski definition) is 2. The number of hydrogen-bond acceptors (Lipinski definition) is 2. The highest BCUT2D eigenvalue weighted by molar-refractivity contribution is 5.78. The molecule has 0 unspecified atom stereocenters. The van der Waals surface area contributed by atoms with Crippen molar-refractivity contribution in [2.75, 3.05) is 6.54 Å². The predicted molar refractivity (Wildman–Crippen MR) is 70.6 cm³/mol. The minimum atomic E-state index is -0.370. The predicted octanol–water partition coefficient (Wildman–Crippen LogP) is 2.00. The molecule has 0 aliphatic heterocycles. The lowest BCUT2D eigenvalue weighted by molar-refractivity contribution is -0.120. The second-order valence-corrected chi connectivity index (χ2v) is 4.61. The zero-order valence-corrected chi connectivity index (χ0v) is 11.0. The fraction of sp³-hybridized carbons (Fsp3) is 0.500. The minimum absolute atomic E-state index is 0.0518. The molecule has 18 heavy (non-hydrogen) atoms. The van der Waals surface area contributed by atoms with Gasteiger partial charge in [-0.05, 0) is 24.5 Å². The van der Waals surface area contributed by atoms with Crippen molar-refractivity contribution in [3.05, 3.63) is 35.6 Å². The first kappa shape index (κ1) is 14.6. The van der Waals surface area contributed by atoms with Gasteiger partial charge in [0.1, 0.15) is 5.82 Å². The summed E-state index contributed by atoms with van der Waals surface area (Å²) in [6, 6.07) is 6.30. The summed E-state index contributed by atoms with van der Waals surface area (Å²) in [5.74, 6) is -0.547. The van der Waals surface area contributed by atoms with E-state index in [1.54, 1.807) is 18.2 Å². The van der Waals surface area contributed by atoms with E-state index >= 15 is 0 Å².